The van der Waals surface area contributed by atoms with Crippen LogP contribution < -0.4 is 5.32 Å². The minimum atomic E-state index is -0.283. The van der Waals surface area contributed by atoms with Crippen molar-refractivity contribution in [2.75, 3.05) is 6.54 Å². The maximum Gasteiger partial charge on any atom is 0.270 e. The van der Waals surface area contributed by atoms with Crippen molar-refractivity contribution in [3.05, 3.63) is 52.1 Å². The molecule has 29 heavy (non-hydrogen) atoms. The number of rotatable bonds is 5. The molecule has 0 radical (unpaired) electrons. The first-order chi connectivity index (χ1) is 13.8. The van der Waals surface area contributed by atoms with E-state index in [1.54, 1.807) is 10.9 Å². The lowest BCUT2D eigenvalue weighted by molar-refractivity contribution is -0.115. The zero-order chi connectivity index (χ0) is 20.7. The second-order valence-electron chi connectivity index (χ2n) is 7.95. The second-order valence-corrected chi connectivity index (χ2v) is 7.95. The summed E-state index contributed by atoms with van der Waals surface area (Å²) in [5.74, 6) is 0.804. The Morgan fingerprint density at radius 2 is 2.00 bits per heavy atom. The highest BCUT2D eigenvalue weighted by atomic mass is 16.2. The number of hydrogen-bond donors (Lipinski definition) is 1. The van der Waals surface area contributed by atoms with Crippen LogP contribution in [0.5, 0.6) is 0 Å². The van der Waals surface area contributed by atoms with E-state index < -0.39 is 0 Å². The molecule has 7 nitrogen and oxygen atoms in total. The maximum atomic E-state index is 13.0. The number of hydrogen-bond acceptors (Lipinski definition) is 5. The van der Waals surface area contributed by atoms with E-state index in [2.05, 4.69) is 15.4 Å². The SMILES string of the molecule is CC1=CC(C)=C(CNC(=O)c2nc(C3CC3)nc(-c3ccnn3C)c2C)C(=O)C1. The largest absolute Gasteiger partial charge is 0.346 e. The predicted octanol–water partition coefficient (Wildman–Crippen LogP) is 3.03. The Bertz CT molecular complexity index is 1070. The van der Waals surface area contributed by atoms with Crippen molar-refractivity contribution in [2.45, 2.75) is 46.0 Å². The summed E-state index contributed by atoms with van der Waals surface area (Å²) in [7, 11) is 1.85. The number of aryl methyl sites for hydroxylation is 1. The van der Waals surface area contributed by atoms with E-state index in [4.69, 9.17) is 4.98 Å². The van der Waals surface area contributed by atoms with Crippen molar-refractivity contribution in [1.82, 2.24) is 25.1 Å². The summed E-state index contributed by atoms with van der Waals surface area (Å²) in [6.45, 7) is 5.91. The average Bonchev–Trinajstić information content (AvgIpc) is 3.42. The fourth-order valence-electron chi connectivity index (χ4n) is 3.71. The van der Waals surface area contributed by atoms with Crippen molar-refractivity contribution in [2.24, 2.45) is 7.05 Å². The Labute approximate surface area is 169 Å². The fourth-order valence-corrected chi connectivity index (χ4v) is 3.71. The van der Waals surface area contributed by atoms with E-state index in [1.807, 2.05) is 40.0 Å². The number of ketones is 1. The van der Waals surface area contributed by atoms with E-state index in [-0.39, 0.29) is 18.2 Å². The third-order valence-corrected chi connectivity index (χ3v) is 5.52. The number of amides is 1. The fraction of sp³-hybridized carbons (Fsp3) is 0.409. The van der Waals surface area contributed by atoms with E-state index in [0.29, 0.717) is 35.0 Å². The van der Waals surface area contributed by atoms with Gasteiger partial charge in [0.25, 0.3) is 5.91 Å². The predicted molar refractivity (Wildman–Crippen MR) is 109 cm³/mol. The lowest BCUT2D eigenvalue weighted by Crippen LogP contribution is -2.31. The molecule has 1 fully saturated rings. The number of nitrogens with one attached hydrogen (secondary N) is 1. The van der Waals surface area contributed by atoms with E-state index in [1.165, 1.54) is 0 Å². The molecule has 2 aliphatic carbocycles. The summed E-state index contributed by atoms with van der Waals surface area (Å²) in [5.41, 5.74) is 5.28. The van der Waals surface area contributed by atoms with Crippen LogP contribution in [0.4, 0.5) is 0 Å². The highest BCUT2D eigenvalue weighted by Crippen LogP contribution is 2.39. The summed E-state index contributed by atoms with van der Waals surface area (Å²) in [4.78, 5) is 34.7. The van der Waals surface area contributed by atoms with Crippen LogP contribution in [0, 0.1) is 6.92 Å². The van der Waals surface area contributed by atoms with Gasteiger partial charge >= 0.3 is 0 Å². The number of allylic oxidation sites excluding steroid dienone is 3. The Morgan fingerprint density at radius 1 is 1.24 bits per heavy atom. The first-order valence-corrected chi connectivity index (χ1v) is 9.90. The van der Waals surface area contributed by atoms with Crippen LogP contribution in [-0.2, 0) is 11.8 Å². The standard InChI is InChI=1S/C22H25N5O2/c1-12-9-13(2)16(18(28)10-12)11-23-22(29)20-14(3)19(17-7-8-24-27(17)4)25-21(26-20)15-5-6-15/h7-9,15H,5-6,10-11H2,1-4H3,(H,23,29). The normalized spacial score (nSPS) is 16.8. The lowest BCUT2D eigenvalue weighted by atomic mass is 9.92. The monoisotopic (exact) mass is 391 g/mol. The molecular formula is C22H25N5O2. The maximum absolute atomic E-state index is 13.0. The van der Waals surface area contributed by atoms with Crippen LogP contribution in [0.2, 0.25) is 0 Å². The van der Waals surface area contributed by atoms with Gasteiger partial charge in [0.2, 0.25) is 0 Å². The van der Waals surface area contributed by atoms with Crippen LogP contribution in [0.25, 0.3) is 11.4 Å². The van der Waals surface area contributed by atoms with Gasteiger partial charge in [-0.2, -0.15) is 5.10 Å². The average molecular weight is 391 g/mol. The summed E-state index contributed by atoms with van der Waals surface area (Å²) in [6.07, 6.45) is 6.21. The van der Waals surface area contributed by atoms with E-state index in [9.17, 15) is 9.59 Å². The molecule has 1 amide bonds. The van der Waals surface area contributed by atoms with Gasteiger partial charge in [0.05, 0.1) is 11.4 Å². The van der Waals surface area contributed by atoms with Crippen LogP contribution in [-0.4, -0.2) is 38.0 Å². The lowest BCUT2D eigenvalue weighted by Gasteiger charge is -2.17. The van der Waals surface area contributed by atoms with Crippen molar-refractivity contribution < 1.29 is 9.59 Å². The first kappa shape index (κ1) is 19.2. The molecule has 2 aliphatic rings. The number of aromatic nitrogens is 4. The third kappa shape index (κ3) is 3.77. The molecule has 7 heteroatoms. The van der Waals surface area contributed by atoms with Gasteiger partial charge in [0, 0.05) is 43.3 Å². The molecule has 0 saturated heterocycles. The Kier molecular flexibility index (Phi) is 4.90. The number of nitrogens with zero attached hydrogens (tertiary/aromatic N) is 4. The zero-order valence-corrected chi connectivity index (χ0v) is 17.2. The van der Waals surface area contributed by atoms with Gasteiger partial charge in [-0.25, -0.2) is 9.97 Å². The second kappa shape index (κ2) is 7.39. The smallest absolute Gasteiger partial charge is 0.270 e. The molecule has 2 heterocycles. The Balaban J connectivity index is 1.65. The molecule has 2 aromatic heterocycles. The quantitative estimate of drug-likeness (QED) is 0.846. The topological polar surface area (TPSA) is 89.8 Å². The molecule has 0 spiro atoms. The van der Waals surface area contributed by atoms with Crippen LogP contribution in [0.1, 0.15) is 60.9 Å². The molecule has 0 aliphatic heterocycles. The third-order valence-electron chi connectivity index (χ3n) is 5.52. The summed E-state index contributed by atoms with van der Waals surface area (Å²) in [5, 5.41) is 7.12. The molecule has 0 aromatic carbocycles. The van der Waals surface area contributed by atoms with E-state index in [0.717, 1.165) is 35.4 Å². The van der Waals surface area contributed by atoms with Crippen molar-refractivity contribution in [1.29, 1.82) is 0 Å². The van der Waals surface area contributed by atoms with Crippen LogP contribution >= 0.6 is 0 Å². The molecular weight excluding hydrogens is 366 g/mol. The summed E-state index contributed by atoms with van der Waals surface area (Å²) in [6, 6.07) is 1.89. The van der Waals surface area contributed by atoms with Gasteiger partial charge in [-0.15, -0.1) is 0 Å². The molecule has 2 aromatic rings. The highest BCUT2D eigenvalue weighted by Gasteiger charge is 2.30. The number of Topliss-reactive ketones (excluding diaryl/α,β-unsaturated/α-hetero) is 1. The Morgan fingerprint density at radius 3 is 2.62 bits per heavy atom. The number of carbonyl (C=O) groups is 2. The molecule has 0 atom stereocenters. The zero-order valence-electron chi connectivity index (χ0n) is 17.2. The van der Waals surface area contributed by atoms with Gasteiger partial charge in [-0.1, -0.05) is 11.6 Å². The van der Waals surface area contributed by atoms with Gasteiger partial charge < -0.3 is 5.32 Å². The van der Waals surface area contributed by atoms with Crippen molar-refractivity contribution in [3.63, 3.8) is 0 Å². The van der Waals surface area contributed by atoms with Crippen molar-refractivity contribution in [3.8, 4) is 11.4 Å². The molecule has 1 saturated carbocycles. The van der Waals surface area contributed by atoms with Gasteiger partial charge in [-0.05, 0) is 45.3 Å². The first-order valence-electron chi connectivity index (χ1n) is 9.90. The van der Waals surface area contributed by atoms with Gasteiger partial charge in [-0.3, -0.25) is 14.3 Å². The van der Waals surface area contributed by atoms with Gasteiger partial charge in [0.15, 0.2) is 5.78 Å². The highest BCUT2D eigenvalue weighted by molar-refractivity contribution is 6.01. The van der Waals surface area contributed by atoms with Crippen LogP contribution in [0.3, 0.4) is 0 Å². The molecule has 1 N–H and O–H groups in total. The van der Waals surface area contributed by atoms with Gasteiger partial charge in [0.1, 0.15) is 11.5 Å². The van der Waals surface area contributed by atoms with Crippen molar-refractivity contribution >= 4 is 11.7 Å². The van der Waals surface area contributed by atoms with Crippen LogP contribution in [0.15, 0.2) is 35.1 Å². The summed E-state index contributed by atoms with van der Waals surface area (Å²) >= 11 is 0. The number of carbonyl (C=O) groups excluding carboxylic acids is 2. The minimum Gasteiger partial charge on any atom is -0.346 e. The minimum absolute atomic E-state index is 0.0662. The molecule has 0 bridgehead atoms. The van der Waals surface area contributed by atoms with E-state index >= 15 is 0 Å². The summed E-state index contributed by atoms with van der Waals surface area (Å²) < 4.78 is 1.75. The Hall–Kier alpha value is -3.09. The molecule has 150 valence electrons. The molecule has 0 unspecified atom stereocenters. The molecule has 4 rings (SSSR count).